The smallest absolute Gasteiger partial charge is 0.303 e. The molecule has 6 nitrogen and oxygen atoms in total. The van der Waals surface area contributed by atoms with Crippen LogP contribution < -0.4 is 4.74 Å². The first-order valence-electron chi connectivity index (χ1n) is 10.9. The normalized spacial score (nSPS) is 15.5. The molecule has 1 atom stereocenters. The molecule has 4 rings (SSSR count). The fourth-order valence-corrected chi connectivity index (χ4v) is 5.06. The molecule has 0 spiro atoms. The summed E-state index contributed by atoms with van der Waals surface area (Å²) < 4.78 is 5.82. The molecule has 1 aliphatic heterocycles. The molecule has 0 bridgehead atoms. The summed E-state index contributed by atoms with van der Waals surface area (Å²) >= 11 is 7.42. The number of hydrogen-bond acceptors (Lipinski definition) is 5. The second kappa shape index (κ2) is 10.8. The third-order valence-corrected chi connectivity index (χ3v) is 7.02. The van der Waals surface area contributed by atoms with Crippen LogP contribution in [0.4, 0.5) is 0 Å². The number of carbonyl (C=O) groups excluding carboxylic acids is 1. The van der Waals surface area contributed by atoms with Gasteiger partial charge in [-0.25, -0.2) is 4.98 Å². The van der Waals surface area contributed by atoms with Crippen molar-refractivity contribution in [3.63, 3.8) is 0 Å². The zero-order valence-electron chi connectivity index (χ0n) is 18.1. The third kappa shape index (κ3) is 6.33. The Labute approximate surface area is 201 Å². The van der Waals surface area contributed by atoms with E-state index in [9.17, 15) is 9.59 Å². The number of aryl methyl sites for hydroxylation is 1. The number of nitrogens with zero attached hydrogens (tertiary/aromatic N) is 2. The van der Waals surface area contributed by atoms with Crippen LogP contribution in [0.3, 0.4) is 0 Å². The molecule has 0 saturated carbocycles. The monoisotopic (exact) mass is 484 g/mol. The highest BCUT2D eigenvalue weighted by atomic mass is 35.5. The SMILES string of the molecule is O=C(O)CCc1cnc(C2CCCN2C(=O)Cc2ccc(OCc3ccc(Cl)cc3)cc2)s1. The van der Waals surface area contributed by atoms with Crippen molar-refractivity contribution >= 4 is 34.8 Å². The number of benzene rings is 2. The van der Waals surface area contributed by atoms with E-state index in [0.717, 1.165) is 46.1 Å². The van der Waals surface area contributed by atoms with E-state index in [4.69, 9.17) is 21.4 Å². The number of hydrogen-bond donors (Lipinski definition) is 1. The minimum Gasteiger partial charge on any atom is -0.489 e. The zero-order valence-corrected chi connectivity index (χ0v) is 19.6. The Morgan fingerprint density at radius 2 is 1.85 bits per heavy atom. The second-order valence-corrected chi connectivity index (χ2v) is 9.62. The van der Waals surface area contributed by atoms with Crippen LogP contribution in [-0.4, -0.2) is 33.4 Å². The van der Waals surface area contributed by atoms with Crippen molar-refractivity contribution in [2.24, 2.45) is 0 Å². The van der Waals surface area contributed by atoms with E-state index >= 15 is 0 Å². The van der Waals surface area contributed by atoms with Crippen molar-refractivity contribution in [2.45, 2.75) is 44.8 Å². The summed E-state index contributed by atoms with van der Waals surface area (Å²) in [6, 6.07) is 15.1. The van der Waals surface area contributed by atoms with Gasteiger partial charge in [-0.3, -0.25) is 9.59 Å². The maximum absolute atomic E-state index is 13.0. The standard InChI is InChI=1S/C25H25ClN2O4S/c26-19-7-3-18(4-8-19)16-32-20-9-5-17(6-10-20)14-23(29)28-13-1-2-22(28)25-27-15-21(33-25)11-12-24(30)31/h3-10,15,22H,1-2,11-14,16H2,(H,30,31). The average molecular weight is 485 g/mol. The molecule has 172 valence electrons. The highest BCUT2D eigenvalue weighted by Gasteiger charge is 2.31. The third-order valence-electron chi connectivity index (χ3n) is 5.61. The lowest BCUT2D eigenvalue weighted by molar-refractivity contribution is -0.137. The van der Waals surface area contributed by atoms with E-state index in [-0.39, 0.29) is 18.4 Å². The van der Waals surface area contributed by atoms with Gasteiger partial charge in [-0.15, -0.1) is 11.3 Å². The van der Waals surface area contributed by atoms with Gasteiger partial charge in [-0.1, -0.05) is 35.9 Å². The molecular formula is C25H25ClN2O4S. The van der Waals surface area contributed by atoms with E-state index < -0.39 is 5.97 Å². The number of carbonyl (C=O) groups is 2. The summed E-state index contributed by atoms with van der Waals surface area (Å²) in [5, 5.41) is 10.5. The molecule has 1 unspecified atom stereocenters. The highest BCUT2D eigenvalue weighted by molar-refractivity contribution is 7.11. The van der Waals surface area contributed by atoms with Crippen LogP contribution >= 0.6 is 22.9 Å². The summed E-state index contributed by atoms with van der Waals surface area (Å²) in [5.41, 5.74) is 1.97. The van der Waals surface area contributed by atoms with E-state index in [1.54, 1.807) is 6.20 Å². The molecule has 1 aliphatic rings. The minimum atomic E-state index is -0.816. The van der Waals surface area contributed by atoms with E-state index in [2.05, 4.69) is 4.98 Å². The Morgan fingerprint density at radius 3 is 2.58 bits per heavy atom. The Kier molecular flexibility index (Phi) is 7.62. The van der Waals surface area contributed by atoms with Crippen molar-refractivity contribution in [1.82, 2.24) is 9.88 Å². The topological polar surface area (TPSA) is 79.7 Å². The van der Waals surface area contributed by atoms with Gasteiger partial charge in [-0.2, -0.15) is 0 Å². The number of amides is 1. The van der Waals surface area contributed by atoms with Crippen LogP contribution in [0.15, 0.2) is 54.7 Å². The molecule has 1 fully saturated rings. The first-order chi connectivity index (χ1) is 16.0. The number of thiazole rings is 1. The number of carboxylic acid groups (broad SMARTS) is 1. The van der Waals surface area contributed by atoms with Crippen LogP contribution in [0.2, 0.25) is 5.02 Å². The maximum Gasteiger partial charge on any atom is 0.303 e. The van der Waals surface area contributed by atoms with Gasteiger partial charge in [0, 0.05) is 22.6 Å². The van der Waals surface area contributed by atoms with Gasteiger partial charge in [0.25, 0.3) is 0 Å². The fraction of sp³-hybridized carbons (Fsp3) is 0.320. The lowest BCUT2D eigenvalue weighted by Gasteiger charge is -2.23. The Balaban J connectivity index is 1.32. The molecule has 1 amide bonds. The number of halogens is 1. The minimum absolute atomic E-state index is 0.0249. The van der Waals surface area contributed by atoms with Gasteiger partial charge in [-0.05, 0) is 54.7 Å². The lowest BCUT2D eigenvalue weighted by Crippen LogP contribution is -2.31. The number of ether oxygens (including phenoxy) is 1. The molecule has 1 N–H and O–H groups in total. The Hall–Kier alpha value is -2.90. The molecule has 1 saturated heterocycles. The Bertz CT molecular complexity index is 1100. The molecule has 33 heavy (non-hydrogen) atoms. The van der Waals surface area contributed by atoms with Gasteiger partial charge in [0.2, 0.25) is 5.91 Å². The van der Waals surface area contributed by atoms with Gasteiger partial charge >= 0.3 is 5.97 Å². The Morgan fingerprint density at radius 1 is 1.12 bits per heavy atom. The second-order valence-electron chi connectivity index (χ2n) is 8.04. The number of likely N-dealkylation sites (tertiary alicyclic amines) is 1. The molecule has 3 aromatic rings. The van der Waals surface area contributed by atoms with Gasteiger partial charge in [0.1, 0.15) is 17.4 Å². The first-order valence-corrected chi connectivity index (χ1v) is 12.1. The van der Waals surface area contributed by atoms with Crippen molar-refractivity contribution in [3.05, 3.63) is 80.8 Å². The van der Waals surface area contributed by atoms with Gasteiger partial charge in [0.05, 0.1) is 18.9 Å². The average Bonchev–Trinajstić information content (AvgIpc) is 3.48. The summed E-state index contributed by atoms with van der Waals surface area (Å²) in [4.78, 5) is 31.2. The van der Waals surface area contributed by atoms with Crippen molar-refractivity contribution in [1.29, 1.82) is 0 Å². The predicted molar refractivity (Wildman–Crippen MR) is 128 cm³/mol. The summed E-state index contributed by atoms with van der Waals surface area (Å²) in [5.74, 6) is 0.00973. The quantitative estimate of drug-likeness (QED) is 0.446. The molecule has 0 aliphatic carbocycles. The number of aromatic nitrogens is 1. The summed E-state index contributed by atoms with van der Waals surface area (Å²) in [7, 11) is 0. The zero-order chi connectivity index (χ0) is 23.2. The molecule has 2 heterocycles. The lowest BCUT2D eigenvalue weighted by atomic mass is 10.1. The van der Waals surface area contributed by atoms with Crippen LogP contribution in [0.25, 0.3) is 0 Å². The van der Waals surface area contributed by atoms with Crippen molar-refractivity contribution < 1.29 is 19.4 Å². The van der Waals surface area contributed by atoms with Crippen LogP contribution in [0.1, 0.15) is 46.3 Å². The van der Waals surface area contributed by atoms with Gasteiger partial charge in [0.15, 0.2) is 0 Å². The van der Waals surface area contributed by atoms with Crippen LogP contribution in [0.5, 0.6) is 5.75 Å². The largest absolute Gasteiger partial charge is 0.489 e. The molecule has 0 radical (unpaired) electrons. The molecule has 1 aromatic heterocycles. The summed E-state index contributed by atoms with van der Waals surface area (Å²) in [6.07, 6.45) is 4.46. The number of carboxylic acids is 1. The van der Waals surface area contributed by atoms with Crippen LogP contribution in [0, 0.1) is 0 Å². The summed E-state index contributed by atoms with van der Waals surface area (Å²) in [6.45, 7) is 1.17. The number of aliphatic carboxylic acids is 1. The van der Waals surface area contributed by atoms with Crippen molar-refractivity contribution in [3.8, 4) is 5.75 Å². The first kappa shape index (κ1) is 23.3. The predicted octanol–water partition coefficient (Wildman–Crippen LogP) is 5.30. The molecular weight excluding hydrogens is 460 g/mol. The van der Waals surface area contributed by atoms with Crippen LogP contribution in [-0.2, 0) is 29.0 Å². The van der Waals surface area contributed by atoms with E-state index in [0.29, 0.717) is 24.5 Å². The van der Waals surface area contributed by atoms with Gasteiger partial charge < -0.3 is 14.7 Å². The van der Waals surface area contributed by atoms with Crippen molar-refractivity contribution in [2.75, 3.05) is 6.54 Å². The maximum atomic E-state index is 13.0. The highest BCUT2D eigenvalue weighted by Crippen LogP contribution is 2.35. The molecule has 8 heteroatoms. The number of rotatable bonds is 9. The molecule has 2 aromatic carbocycles. The van der Waals surface area contributed by atoms with E-state index in [1.807, 2.05) is 53.4 Å². The van der Waals surface area contributed by atoms with E-state index in [1.165, 1.54) is 11.3 Å². The fourth-order valence-electron chi connectivity index (χ4n) is 3.87.